The van der Waals surface area contributed by atoms with Crippen LogP contribution in [0.25, 0.3) is 0 Å². The van der Waals surface area contributed by atoms with E-state index in [1.807, 2.05) is 30.3 Å². The summed E-state index contributed by atoms with van der Waals surface area (Å²) < 4.78 is 5.07. The lowest BCUT2D eigenvalue weighted by Crippen LogP contribution is -2.40. The summed E-state index contributed by atoms with van der Waals surface area (Å²) in [6.07, 6.45) is 1.28. The molecule has 0 radical (unpaired) electrons. The van der Waals surface area contributed by atoms with Crippen LogP contribution in [0.2, 0.25) is 0 Å². The number of rotatable bonds is 4. The third kappa shape index (κ3) is 4.31. The van der Waals surface area contributed by atoms with Crippen molar-refractivity contribution in [1.82, 2.24) is 4.90 Å². The zero-order valence-electron chi connectivity index (χ0n) is 13.0. The number of hydrogen-bond acceptors (Lipinski definition) is 3. The van der Waals surface area contributed by atoms with Gasteiger partial charge in [0, 0.05) is 6.42 Å². The minimum absolute atomic E-state index is 0.0776. The molecule has 0 bridgehead atoms. The van der Waals surface area contributed by atoms with Crippen LogP contribution in [0.3, 0.4) is 0 Å². The van der Waals surface area contributed by atoms with Crippen molar-refractivity contribution in [2.75, 3.05) is 6.61 Å². The Morgan fingerprint density at radius 3 is 2.57 bits per heavy atom. The second kappa shape index (κ2) is 6.29. The van der Waals surface area contributed by atoms with Gasteiger partial charge in [-0.25, -0.2) is 9.69 Å². The predicted octanol–water partition coefficient (Wildman–Crippen LogP) is 3.40. The number of ether oxygens (including phenoxy) is 1. The van der Waals surface area contributed by atoms with Crippen molar-refractivity contribution in [3.05, 3.63) is 35.9 Å². The Labute approximate surface area is 126 Å². The van der Waals surface area contributed by atoms with Gasteiger partial charge in [-0.1, -0.05) is 51.1 Å². The molecule has 1 fully saturated rings. The fourth-order valence-electron chi connectivity index (χ4n) is 2.40. The first kappa shape index (κ1) is 15.5. The maximum absolute atomic E-state index is 12.3. The average Bonchev–Trinajstić information content (AvgIpc) is 2.77. The van der Waals surface area contributed by atoms with Gasteiger partial charge in [-0.2, -0.15) is 0 Å². The van der Waals surface area contributed by atoms with Gasteiger partial charge in [-0.05, 0) is 23.8 Å². The third-order valence-electron chi connectivity index (χ3n) is 3.63. The molecule has 1 saturated heterocycles. The zero-order valence-corrected chi connectivity index (χ0v) is 13.0. The molecule has 1 aliphatic heterocycles. The van der Waals surface area contributed by atoms with Gasteiger partial charge in [0.1, 0.15) is 6.61 Å². The number of nitrogens with zero attached hydrogens (tertiary/aromatic N) is 1. The molecule has 21 heavy (non-hydrogen) atoms. The molecule has 4 nitrogen and oxygen atoms in total. The number of carbonyl (C=O) groups excluding carboxylic acids is 2. The van der Waals surface area contributed by atoms with Gasteiger partial charge in [-0.15, -0.1) is 0 Å². The molecule has 0 N–H and O–H groups in total. The highest BCUT2D eigenvalue weighted by Gasteiger charge is 2.37. The molecule has 0 saturated carbocycles. The second-order valence-electron chi connectivity index (χ2n) is 6.74. The molecule has 0 aliphatic carbocycles. The first-order chi connectivity index (χ1) is 9.87. The number of imide groups is 1. The van der Waals surface area contributed by atoms with Gasteiger partial charge < -0.3 is 4.74 Å². The van der Waals surface area contributed by atoms with Gasteiger partial charge in [0.15, 0.2) is 0 Å². The first-order valence-corrected chi connectivity index (χ1v) is 7.39. The molecule has 1 aromatic carbocycles. The molecule has 114 valence electrons. The highest BCUT2D eigenvalue weighted by atomic mass is 16.6. The van der Waals surface area contributed by atoms with E-state index >= 15 is 0 Å². The molecule has 2 rings (SSSR count). The van der Waals surface area contributed by atoms with E-state index in [4.69, 9.17) is 4.74 Å². The van der Waals surface area contributed by atoms with E-state index in [1.165, 1.54) is 4.90 Å². The Bertz CT molecular complexity index is 505. The van der Waals surface area contributed by atoms with E-state index in [9.17, 15) is 9.59 Å². The third-order valence-corrected chi connectivity index (χ3v) is 3.63. The van der Waals surface area contributed by atoms with E-state index in [2.05, 4.69) is 20.8 Å². The molecule has 2 amide bonds. The normalized spacial score (nSPS) is 18.7. The van der Waals surface area contributed by atoms with Crippen LogP contribution in [0.4, 0.5) is 4.79 Å². The summed E-state index contributed by atoms with van der Waals surface area (Å²) in [4.78, 5) is 25.5. The minimum Gasteiger partial charge on any atom is -0.447 e. The second-order valence-corrected chi connectivity index (χ2v) is 6.74. The van der Waals surface area contributed by atoms with Gasteiger partial charge in [0.05, 0.1) is 6.04 Å². The topological polar surface area (TPSA) is 46.6 Å². The Balaban J connectivity index is 2.01. The maximum atomic E-state index is 12.3. The van der Waals surface area contributed by atoms with Crippen molar-refractivity contribution >= 4 is 12.0 Å². The molecule has 0 aromatic heterocycles. The molecule has 1 aromatic rings. The molecular weight excluding hydrogens is 266 g/mol. The van der Waals surface area contributed by atoms with Crippen LogP contribution >= 0.6 is 0 Å². The summed E-state index contributed by atoms with van der Waals surface area (Å²) in [6.45, 7) is 6.55. The van der Waals surface area contributed by atoms with E-state index < -0.39 is 6.09 Å². The molecular formula is C17H23NO3. The number of cyclic esters (lactones) is 1. The Hall–Kier alpha value is -1.84. The molecule has 0 unspecified atom stereocenters. The van der Waals surface area contributed by atoms with E-state index in [0.29, 0.717) is 12.8 Å². The van der Waals surface area contributed by atoms with Crippen LogP contribution in [0.5, 0.6) is 0 Å². The predicted molar refractivity (Wildman–Crippen MR) is 80.8 cm³/mol. The molecule has 1 aliphatic rings. The summed E-state index contributed by atoms with van der Waals surface area (Å²) in [7, 11) is 0. The Morgan fingerprint density at radius 2 is 1.95 bits per heavy atom. The SMILES string of the molecule is CC(C)(C)CCC(=O)N1C(=O)OC[C@H]1Cc1ccccc1. The number of amides is 2. The van der Waals surface area contributed by atoms with Gasteiger partial charge in [0.25, 0.3) is 0 Å². The maximum Gasteiger partial charge on any atom is 0.416 e. The van der Waals surface area contributed by atoms with Gasteiger partial charge >= 0.3 is 6.09 Å². The molecule has 1 atom stereocenters. The lowest BCUT2D eigenvalue weighted by molar-refractivity contribution is -0.129. The number of carbonyl (C=O) groups is 2. The van der Waals surface area contributed by atoms with E-state index in [1.54, 1.807) is 0 Å². The molecule has 0 spiro atoms. The van der Waals surface area contributed by atoms with E-state index in [-0.39, 0.29) is 24.0 Å². The molecule has 1 heterocycles. The Kier molecular flexibility index (Phi) is 4.66. The highest BCUT2D eigenvalue weighted by Crippen LogP contribution is 2.24. The summed E-state index contributed by atoms with van der Waals surface area (Å²) in [5.74, 6) is -0.131. The zero-order chi connectivity index (χ0) is 15.5. The number of hydrogen-bond donors (Lipinski definition) is 0. The quantitative estimate of drug-likeness (QED) is 0.853. The van der Waals surface area contributed by atoms with E-state index in [0.717, 1.165) is 12.0 Å². The minimum atomic E-state index is -0.505. The molecule has 4 heteroatoms. The van der Waals surface area contributed by atoms with Crippen LogP contribution in [0.15, 0.2) is 30.3 Å². The van der Waals surface area contributed by atoms with Crippen LogP contribution in [-0.2, 0) is 16.0 Å². The lowest BCUT2D eigenvalue weighted by Gasteiger charge is -2.22. The summed E-state index contributed by atoms with van der Waals surface area (Å²) in [5.41, 5.74) is 1.18. The van der Waals surface area contributed by atoms with Crippen molar-refractivity contribution in [2.45, 2.75) is 46.1 Å². The van der Waals surface area contributed by atoms with Crippen molar-refractivity contribution in [3.8, 4) is 0 Å². The monoisotopic (exact) mass is 289 g/mol. The van der Waals surface area contributed by atoms with Gasteiger partial charge in [0.2, 0.25) is 5.91 Å². The highest BCUT2D eigenvalue weighted by molar-refractivity contribution is 5.93. The van der Waals surface area contributed by atoms with Crippen molar-refractivity contribution in [2.24, 2.45) is 5.41 Å². The van der Waals surface area contributed by atoms with Crippen LogP contribution in [-0.4, -0.2) is 29.5 Å². The Morgan fingerprint density at radius 1 is 1.29 bits per heavy atom. The lowest BCUT2D eigenvalue weighted by atomic mass is 9.90. The van der Waals surface area contributed by atoms with Crippen LogP contribution in [0, 0.1) is 5.41 Å². The van der Waals surface area contributed by atoms with Gasteiger partial charge in [-0.3, -0.25) is 4.79 Å². The van der Waals surface area contributed by atoms with Crippen molar-refractivity contribution in [3.63, 3.8) is 0 Å². The largest absolute Gasteiger partial charge is 0.447 e. The van der Waals surface area contributed by atoms with Crippen LogP contribution < -0.4 is 0 Å². The smallest absolute Gasteiger partial charge is 0.416 e. The standard InChI is InChI=1S/C17H23NO3/c1-17(2,3)10-9-15(19)18-14(12-21-16(18)20)11-13-7-5-4-6-8-13/h4-8,14H,9-12H2,1-3H3/t14-/m1/s1. The number of benzene rings is 1. The van der Waals surface area contributed by atoms with Crippen LogP contribution in [0.1, 0.15) is 39.2 Å². The average molecular weight is 289 g/mol. The fraction of sp³-hybridized carbons (Fsp3) is 0.529. The van der Waals surface area contributed by atoms with Crippen molar-refractivity contribution in [1.29, 1.82) is 0 Å². The summed E-state index contributed by atoms with van der Waals surface area (Å²) in [6, 6.07) is 9.68. The van der Waals surface area contributed by atoms with Crippen molar-refractivity contribution < 1.29 is 14.3 Å². The fourth-order valence-corrected chi connectivity index (χ4v) is 2.40. The summed E-state index contributed by atoms with van der Waals surface area (Å²) >= 11 is 0. The first-order valence-electron chi connectivity index (χ1n) is 7.39. The summed E-state index contributed by atoms with van der Waals surface area (Å²) in [5, 5.41) is 0.